The molecule has 10 heteroatoms. The van der Waals surface area contributed by atoms with Crippen molar-refractivity contribution in [2.75, 3.05) is 38.5 Å². The fraction of sp³-hybridized carbons (Fsp3) is 0.300. The Morgan fingerprint density at radius 2 is 1.87 bits per heavy atom. The van der Waals surface area contributed by atoms with Crippen molar-refractivity contribution >= 4 is 28.5 Å². The predicted octanol–water partition coefficient (Wildman–Crippen LogP) is 2.40. The van der Waals surface area contributed by atoms with Gasteiger partial charge in [0.15, 0.2) is 17.2 Å². The van der Waals surface area contributed by atoms with Gasteiger partial charge in [-0.2, -0.15) is 0 Å². The highest BCUT2D eigenvalue weighted by Crippen LogP contribution is 2.33. The number of nitrogens with one attached hydrogen (secondary N) is 1. The second-order valence-electron chi connectivity index (χ2n) is 7.23. The number of nitrogens with zero attached hydrogens (tertiary/aromatic N) is 2. The molecular formula is C20H20F2N4O4. The Morgan fingerprint density at radius 3 is 2.57 bits per heavy atom. The lowest BCUT2D eigenvalue weighted by Gasteiger charge is -2.31. The number of anilines is 1. The van der Waals surface area contributed by atoms with E-state index in [-0.39, 0.29) is 22.4 Å². The van der Waals surface area contributed by atoms with E-state index in [0.29, 0.717) is 18.4 Å². The molecule has 4 rings (SSSR count). The molecule has 158 valence electrons. The van der Waals surface area contributed by atoms with Crippen LogP contribution in [0.5, 0.6) is 0 Å². The number of benzene rings is 1. The minimum absolute atomic E-state index is 0.0132. The van der Waals surface area contributed by atoms with Crippen molar-refractivity contribution in [3.63, 3.8) is 0 Å². The van der Waals surface area contributed by atoms with Gasteiger partial charge in [0.25, 0.3) is 11.8 Å². The van der Waals surface area contributed by atoms with E-state index in [1.54, 1.807) is 6.07 Å². The number of fused-ring (bicyclic) bond motifs is 1. The first kappa shape index (κ1) is 20.0. The van der Waals surface area contributed by atoms with Crippen LogP contribution in [0.15, 0.2) is 33.1 Å². The Kier molecular flexibility index (Phi) is 5.27. The highest BCUT2D eigenvalue weighted by molar-refractivity contribution is 6.13. The van der Waals surface area contributed by atoms with Gasteiger partial charge in [0.05, 0.1) is 11.9 Å². The van der Waals surface area contributed by atoms with Crippen LogP contribution in [0.25, 0.3) is 11.0 Å². The van der Waals surface area contributed by atoms with Gasteiger partial charge in [0.1, 0.15) is 17.3 Å². The van der Waals surface area contributed by atoms with E-state index in [2.05, 4.69) is 22.2 Å². The molecule has 0 spiro atoms. The first-order valence-electron chi connectivity index (χ1n) is 9.34. The number of amides is 2. The number of carbonyl (C=O) groups is 2. The van der Waals surface area contributed by atoms with Gasteiger partial charge in [0, 0.05) is 32.2 Å². The molecule has 0 saturated carbocycles. The van der Waals surface area contributed by atoms with Crippen molar-refractivity contribution in [3.05, 3.63) is 53.2 Å². The molecule has 2 aromatic heterocycles. The average molecular weight is 418 g/mol. The summed E-state index contributed by atoms with van der Waals surface area (Å²) in [4.78, 5) is 28.8. The number of rotatable bonds is 5. The number of primary amides is 1. The second kappa shape index (κ2) is 7.88. The van der Waals surface area contributed by atoms with Crippen molar-refractivity contribution in [2.24, 2.45) is 5.73 Å². The van der Waals surface area contributed by atoms with Gasteiger partial charge in [-0.3, -0.25) is 14.5 Å². The molecule has 0 aliphatic carbocycles. The van der Waals surface area contributed by atoms with Crippen molar-refractivity contribution < 1.29 is 27.2 Å². The van der Waals surface area contributed by atoms with Crippen molar-refractivity contribution in [1.82, 2.24) is 9.80 Å². The normalized spacial score (nSPS) is 15.6. The fourth-order valence-corrected chi connectivity index (χ4v) is 3.41. The van der Waals surface area contributed by atoms with Gasteiger partial charge in [-0.05, 0) is 25.2 Å². The van der Waals surface area contributed by atoms with Crippen molar-refractivity contribution in [1.29, 1.82) is 0 Å². The van der Waals surface area contributed by atoms with E-state index in [1.165, 1.54) is 6.07 Å². The smallest absolute Gasteiger partial charge is 0.291 e. The van der Waals surface area contributed by atoms with Crippen LogP contribution in [0.1, 0.15) is 26.9 Å². The molecule has 2 amide bonds. The van der Waals surface area contributed by atoms with E-state index >= 15 is 0 Å². The molecule has 30 heavy (non-hydrogen) atoms. The van der Waals surface area contributed by atoms with Crippen LogP contribution in [-0.4, -0.2) is 54.8 Å². The zero-order valence-corrected chi connectivity index (χ0v) is 16.2. The Labute approximate surface area is 170 Å². The first-order valence-corrected chi connectivity index (χ1v) is 9.34. The summed E-state index contributed by atoms with van der Waals surface area (Å²) in [5.41, 5.74) is 4.68. The highest BCUT2D eigenvalue weighted by Gasteiger charge is 2.25. The number of furan rings is 2. The molecule has 0 atom stereocenters. The molecule has 1 fully saturated rings. The third kappa shape index (κ3) is 3.91. The van der Waals surface area contributed by atoms with E-state index in [0.717, 1.165) is 32.2 Å². The van der Waals surface area contributed by atoms with E-state index < -0.39 is 29.2 Å². The topological polar surface area (TPSA) is 105 Å². The summed E-state index contributed by atoms with van der Waals surface area (Å²) in [7, 11) is 2.06. The number of carbonyl (C=O) groups excluding carboxylic acids is 2. The zero-order valence-electron chi connectivity index (χ0n) is 16.2. The largest absolute Gasteiger partial charge is 0.455 e. The first-order chi connectivity index (χ1) is 14.3. The number of piperazine rings is 1. The number of likely N-dealkylation sites (N-methyl/N-ethyl adjacent to an activating group) is 1. The molecule has 3 heterocycles. The molecule has 0 bridgehead atoms. The van der Waals surface area contributed by atoms with Crippen LogP contribution in [0.2, 0.25) is 0 Å². The third-order valence-corrected chi connectivity index (χ3v) is 5.03. The SMILES string of the molecule is CN1CCN(Cc2ccc(C(=O)Nc3c(C(N)=O)oc4c(F)cc(F)cc34)o2)CC1. The van der Waals surface area contributed by atoms with Gasteiger partial charge in [0.2, 0.25) is 5.76 Å². The summed E-state index contributed by atoms with van der Waals surface area (Å²) in [5, 5.41) is 2.32. The number of halogens is 2. The minimum Gasteiger partial charge on any atom is -0.455 e. The standard InChI is InChI=1S/C20H20F2N4O4/c1-25-4-6-26(7-5-25)10-12-2-3-15(29-12)20(28)24-16-13-8-11(21)9-14(22)17(13)30-18(16)19(23)27/h2-3,8-9H,4-7,10H2,1H3,(H2,23,27)(H,24,28). The Balaban J connectivity index is 1.56. The molecule has 3 aromatic rings. The van der Waals surface area contributed by atoms with Gasteiger partial charge >= 0.3 is 0 Å². The summed E-state index contributed by atoms with van der Waals surface area (Å²) in [6.07, 6.45) is 0. The molecule has 0 radical (unpaired) electrons. The monoisotopic (exact) mass is 418 g/mol. The summed E-state index contributed by atoms with van der Waals surface area (Å²) in [6, 6.07) is 4.74. The summed E-state index contributed by atoms with van der Waals surface area (Å²) in [5.74, 6) is -3.52. The van der Waals surface area contributed by atoms with Crippen LogP contribution in [0, 0.1) is 11.6 Å². The Morgan fingerprint density at radius 1 is 1.13 bits per heavy atom. The summed E-state index contributed by atoms with van der Waals surface area (Å²) in [6.45, 7) is 4.23. The fourth-order valence-electron chi connectivity index (χ4n) is 3.41. The molecule has 1 aromatic carbocycles. The maximum Gasteiger partial charge on any atom is 0.291 e. The molecule has 0 unspecified atom stereocenters. The lowest BCUT2D eigenvalue weighted by Crippen LogP contribution is -2.43. The Bertz CT molecular complexity index is 1120. The maximum atomic E-state index is 14.0. The van der Waals surface area contributed by atoms with Crippen LogP contribution < -0.4 is 11.1 Å². The number of hydrogen-bond acceptors (Lipinski definition) is 6. The van der Waals surface area contributed by atoms with Crippen molar-refractivity contribution in [2.45, 2.75) is 6.54 Å². The molecule has 1 aliphatic heterocycles. The van der Waals surface area contributed by atoms with E-state index in [9.17, 15) is 18.4 Å². The third-order valence-electron chi connectivity index (χ3n) is 5.03. The maximum absolute atomic E-state index is 14.0. The minimum atomic E-state index is -1.03. The molecule has 3 N–H and O–H groups in total. The Hall–Kier alpha value is -3.24. The van der Waals surface area contributed by atoms with Gasteiger partial charge in [-0.15, -0.1) is 0 Å². The number of hydrogen-bond donors (Lipinski definition) is 2. The number of nitrogens with two attached hydrogens (primary N) is 1. The van der Waals surface area contributed by atoms with Crippen LogP contribution >= 0.6 is 0 Å². The zero-order chi connectivity index (χ0) is 21.4. The van der Waals surface area contributed by atoms with E-state index in [4.69, 9.17) is 14.6 Å². The van der Waals surface area contributed by atoms with Gasteiger partial charge in [-0.1, -0.05) is 0 Å². The molecular weight excluding hydrogens is 398 g/mol. The quantitative estimate of drug-likeness (QED) is 0.659. The van der Waals surface area contributed by atoms with Crippen LogP contribution in [-0.2, 0) is 6.54 Å². The van der Waals surface area contributed by atoms with Crippen molar-refractivity contribution in [3.8, 4) is 0 Å². The molecule has 1 aliphatic rings. The average Bonchev–Trinajstić information content (AvgIpc) is 3.29. The van der Waals surface area contributed by atoms with E-state index in [1.807, 2.05) is 0 Å². The highest BCUT2D eigenvalue weighted by atomic mass is 19.1. The lowest BCUT2D eigenvalue weighted by atomic mass is 10.2. The van der Waals surface area contributed by atoms with Gasteiger partial charge < -0.3 is 24.8 Å². The summed E-state index contributed by atoms with van der Waals surface area (Å²) >= 11 is 0. The van der Waals surface area contributed by atoms with Crippen LogP contribution in [0.4, 0.5) is 14.5 Å². The van der Waals surface area contributed by atoms with Gasteiger partial charge in [-0.25, -0.2) is 8.78 Å². The lowest BCUT2D eigenvalue weighted by molar-refractivity contribution is 0.0976. The molecule has 1 saturated heterocycles. The molecule has 8 nitrogen and oxygen atoms in total. The summed E-state index contributed by atoms with van der Waals surface area (Å²) < 4.78 is 38.4. The predicted molar refractivity (Wildman–Crippen MR) is 104 cm³/mol. The second-order valence-corrected chi connectivity index (χ2v) is 7.23. The van der Waals surface area contributed by atoms with Crippen LogP contribution in [0.3, 0.4) is 0 Å².